The highest BCUT2D eigenvalue weighted by Gasteiger charge is 2.04. The summed E-state index contributed by atoms with van der Waals surface area (Å²) in [5.41, 5.74) is 1.31. The molecule has 2 aromatic carbocycles. The summed E-state index contributed by atoms with van der Waals surface area (Å²) in [7, 11) is 0. The van der Waals surface area contributed by atoms with Gasteiger partial charge in [-0.2, -0.15) is 0 Å². The van der Waals surface area contributed by atoms with Gasteiger partial charge < -0.3 is 4.42 Å². The molecule has 0 aliphatic heterocycles. The van der Waals surface area contributed by atoms with Gasteiger partial charge in [0.25, 0.3) is 0 Å². The van der Waals surface area contributed by atoms with Gasteiger partial charge in [0.15, 0.2) is 0 Å². The molecular weight excluding hydrogens is 207 g/mol. The van der Waals surface area contributed by atoms with E-state index in [4.69, 9.17) is 4.42 Å². The molecule has 0 radical (unpaired) electrons. The molecule has 3 rings (SSSR count). The van der Waals surface area contributed by atoms with Crippen molar-refractivity contribution in [2.45, 2.75) is 0 Å². The zero-order chi connectivity index (χ0) is 10.3. The van der Waals surface area contributed by atoms with Crippen molar-refractivity contribution in [3.63, 3.8) is 0 Å². The number of halogens is 1. The van der Waals surface area contributed by atoms with Crippen LogP contribution in [0.25, 0.3) is 21.9 Å². The van der Waals surface area contributed by atoms with Crippen molar-refractivity contribution in [2.24, 2.45) is 0 Å². The lowest BCUT2D eigenvalue weighted by molar-refractivity contribution is 0.660. The van der Waals surface area contributed by atoms with Crippen LogP contribution in [0.2, 0.25) is 0 Å². The maximum absolute atomic E-state index is 12.0. The Labute approximate surface area is 90.5 Å². The molecule has 0 saturated carbocycles. The minimum absolute atomic E-state index is 0. The van der Waals surface area contributed by atoms with E-state index in [0.29, 0.717) is 21.9 Å². The van der Waals surface area contributed by atoms with Crippen LogP contribution in [-0.2, 0) is 0 Å². The number of para-hydroxylation sites is 2. The predicted molar refractivity (Wildman–Crippen MR) is 62.5 cm³/mol. The monoisotopic (exact) mass is 216 g/mol. The standard InChI is InChI=1S/C13H8O2.FH/c14-13-9-5-1-3-7-11(9)15-12-8-4-2-6-10(12)13;/h1-8H;1H. The van der Waals surface area contributed by atoms with Crippen molar-refractivity contribution in [3.8, 4) is 0 Å². The summed E-state index contributed by atoms with van der Waals surface area (Å²) in [5, 5.41) is 1.27. The van der Waals surface area contributed by atoms with E-state index in [1.54, 1.807) is 12.1 Å². The molecule has 1 aromatic heterocycles. The molecular formula is C13H9FO2. The first-order chi connectivity index (χ1) is 7.36. The van der Waals surface area contributed by atoms with E-state index in [-0.39, 0.29) is 10.1 Å². The largest absolute Gasteiger partial charge is 0.456 e. The summed E-state index contributed by atoms with van der Waals surface area (Å²) in [6.07, 6.45) is 0. The summed E-state index contributed by atoms with van der Waals surface area (Å²) in [4.78, 5) is 12.0. The van der Waals surface area contributed by atoms with E-state index in [2.05, 4.69) is 0 Å². The van der Waals surface area contributed by atoms with E-state index in [1.165, 1.54) is 0 Å². The Hall–Kier alpha value is -2.16. The maximum atomic E-state index is 12.0. The summed E-state index contributed by atoms with van der Waals surface area (Å²) in [6, 6.07) is 14.6. The van der Waals surface area contributed by atoms with Crippen LogP contribution in [0.15, 0.2) is 57.7 Å². The lowest BCUT2D eigenvalue weighted by Crippen LogP contribution is -2.01. The first kappa shape index (κ1) is 10.4. The maximum Gasteiger partial charge on any atom is 0.200 e. The molecule has 3 aromatic rings. The third-order valence-corrected chi connectivity index (χ3v) is 2.48. The van der Waals surface area contributed by atoms with Crippen molar-refractivity contribution in [1.82, 2.24) is 0 Å². The van der Waals surface area contributed by atoms with Crippen molar-refractivity contribution >= 4 is 21.9 Å². The van der Waals surface area contributed by atoms with Crippen LogP contribution in [0.1, 0.15) is 0 Å². The van der Waals surface area contributed by atoms with Gasteiger partial charge in [0.05, 0.1) is 10.8 Å². The Bertz CT molecular complexity index is 644. The Morgan fingerprint density at radius 1 is 0.750 bits per heavy atom. The lowest BCUT2D eigenvalue weighted by Gasteiger charge is -1.99. The van der Waals surface area contributed by atoms with Crippen LogP contribution in [0.4, 0.5) is 4.70 Å². The third-order valence-electron chi connectivity index (χ3n) is 2.48. The van der Waals surface area contributed by atoms with Crippen molar-refractivity contribution in [2.75, 3.05) is 0 Å². The van der Waals surface area contributed by atoms with E-state index in [9.17, 15) is 4.79 Å². The fourth-order valence-electron chi connectivity index (χ4n) is 1.75. The molecule has 0 amide bonds. The molecule has 0 unspecified atom stereocenters. The summed E-state index contributed by atoms with van der Waals surface area (Å²) in [5.74, 6) is 0. The Kier molecular flexibility index (Phi) is 2.44. The molecule has 0 spiro atoms. The molecule has 0 atom stereocenters. The highest BCUT2D eigenvalue weighted by atomic mass is 19.0. The fourth-order valence-corrected chi connectivity index (χ4v) is 1.75. The van der Waals surface area contributed by atoms with Gasteiger partial charge >= 0.3 is 0 Å². The molecule has 0 fully saturated rings. The summed E-state index contributed by atoms with van der Waals surface area (Å²) >= 11 is 0. The second kappa shape index (κ2) is 3.77. The zero-order valence-electron chi connectivity index (χ0n) is 8.34. The Morgan fingerprint density at radius 3 is 1.69 bits per heavy atom. The molecule has 0 aliphatic carbocycles. The first-order valence-corrected chi connectivity index (χ1v) is 4.77. The third kappa shape index (κ3) is 1.37. The molecule has 0 bridgehead atoms. The molecule has 3 heteroatoms. The minimum atomic E-state index is 0. The van der Waals surface area contributed by atoms with E-state index in [1.807, 2.05) is 36.4 Å². The van der Waals surface area contributed by atoms with Crippen molar-refractivity contribution in [3.05, 3.63) is 58.8 Å². The van der Waals surface area contributed by atoms with Gasteiger partial charge in [0.1, 0.15) is 11.2 Å². The van der Waals surface area contributed by atoms with Crippen molar-refractivity contribution < 1.29 is 9.12 Å². The molecule has 16 heavy (non-hydrogen) atoms. The van der Waals surface area contributed by atoms with E-state index in [0.717, 1.165) is 0 Å². The van der Waals surface area contributed by atoms with Crippen LogP contribution >= 0.6 is 0 Å². The van der Waals surface area contributed by atoms with Gasteiger partial charge in [-0.1, -0.05) is 24.3 Å². The van der Waals surface area contributed by atoms with Crippen LogP contribution in [0.5, 0.6) is 0 Å². The second-order valence-corrected chi connectivity index (χ2v) is 3.42. The van der Waals surface area contributed by atoms with E-state index < -0.39 is 0 Å². The second-order valence-electron chi connectivity index (χ2n) is 3.42. The van der Waals surface area contributed by atoms with E-state index >= 15 is 0 Å². The fraction of sp³-hybridized carbons (Fsp3) is 0. The van der Waals surface area contributed by atoms with Crippen LogP contribution in [-0.4, -0.2) is 0 Å². The molecule has 0 saturated heterocycles. The molecule has 2 nitrogen and oxygen atoms in total. The average Bonchev–Trinajstić information content (AvgIpc) is 2.30. The number of hydrogen-bond donors (Lipinski definition) is 0. The van der Waals surface area contributed by atoms with Crippen LogP contribution in [0, 0.1) is 0 Å². The first-order valence-electron chi connectivity index (χ1n) is 4.77. The lowest BCUT2D eigenvalue weighted by atomic mass is 10.1. The van der Waals surface area contributed by atoms with Gasteiger partial charge in [0.2, 0.25) is 5.43 Å². The number of rotatable bonds is 0. The highest BCUT2D eigenvalue weighted by Crippen LogP contribution is 2.17. The van der Waals surface area contributed by atoms with Crippen LogP contribution < -0.4 is 5.43 Å². The Morgan fingerprint density at radius 2 is 1.19 bits per heavy atom. The molecule has 1 heterocycles. The smallest absolute Gasteiger partial charge is 0.200 e. The zero-order valence-corrected chi connectivity index (χ0v) is 8.34. The van der Waals surface area contributed by atoms with Gasteiger partial charge in [-0.15, -0.1) is 0 Å². The SMILES string of the molecule is F.O=c1c2ccccc2oc2ccccc12. The number of benzene rings is 2. The normalized spacial score (nSPS) is 10.2. The number of hydrogen-bond acceptors (Lipinski definition) is 2. The van der Waals surface area contributed by atoms with Gasteiger partial charge in [-0.05, 0) is 24.3 Å². The topological polar surface area (TPSA) is 30.2 Å². The molecule has 0 aliphatic rings. The Balaban J connectivity index is 0.000000963. The molecule has 80 valence electrons. The highest BCUT2D eigenvalue weighted by molar-refractivity contribution is 5.89. The van der Waals surface area contributed by atoms with Crippen molar-refractivity contribution in [1.29, 1.82) is 0 Å². The van der Waals surface area contributed by atoms with Gasteiger partial charge in [-0.3, -0.25) is 9.50 Å². The quantitative estimate of drug-likeness (QED) is 0.540. The summed E-state index contributed by atoms with van der Waals surface area (Å²) < 4.78 is 5.63. The van der Waals surface area contributed by atoms with Gasteiger partial charge in [0, 0.05) is 0 Å². The predicted octanol–water partition coefficient (Wildman–Crippen LogP) is 3.10. The average molecular weight is 216 g/mol. The minimum Gasteiger partial charge on any atom is -0.456 e. The van der Waals surface area contributed by atoms with Gasteiger partial charge in [-0.25, -0.2) is 0 Å². The summed E-state index contributed by atoms with van der Waals surface area (Å²) in [6.45, 7) is 0. The number of fused-ring (bicyclic) bond motifs is 2. The van der Waals surface area contributed by atoms with Crippen LogP contribution in [0.3, 0.4) is 0 Å². The molecule has 0 N–H and O–H groups in total.